The molecule has 0 aliphatic heterocycles. The van der Waals surface area contributed by atoms with Crippen LogP contribution in [0.3, 0.4) is 0 Å². The third-order valence-electron chi connectivity index (χ3n) is 3.83. The van der Waals surface area contributed by atoms with Gasteiger partial charge in [0, 0.05) is 17.3 Å². The van der Waals surface area contributed by atoms with Crippen molar-refractivity contribution in [3.05, 3.63) is 28.8 Å². The first-order chi connectivity index (χ1) is 8.40. The van der Waals surface area contributed by atoms with E-state index >= 15 is 0 Å². The average Bonchev–Trinajstić information content (AvgIpc) is 2.58. The molecule has 98 valence electrons. The highest BCUT2D eigenvalue weighted by Gasteiger charge is 2.34. The lowest BCUT2D eigenvalue weighted by Crippen LogP contribution is -2.30. The van der Waals surface area contributed by atoms with Gasteiger partial charge in [0.2, 0.25) is 0 Å². The molecule has 1 fully saturated rings. The van der Waals surface area contributed by atoms with E-state index in [9.17, 15) is 0 Å². The Morgan fingerprint density at radius 2 is 2.22 bits per heavy atom. The highest BCUT2D eigenvalue weighted by molar-refractivity contribution is 7.80. The number of halogens is 1. The summed E-state index contributed by atoms with van der Waals surface area (Å²) in [5, 5.41) is 4.18. The molecule has 1 aliphatic rings. The van der Waals surface area contributed by atoms with Crippen LogP contribution in [0.15, 0.2) is 18.2 Å². The van der Waals surface area contributed by atoms with Crippen LogP contribution in [-0.2, 0) is 0 Å². The highest BCUT2D eigenvalue weighted by Crippen LogP contribution is 2.39. The molecule has 0 spiro atoms. The second-order valence-electron chi connectivity index (χ2n) is 5.64. The monoisotopic (exact) mass is 282 g/mol. The van der Waals surface area contributed by atoms with Crippen molar-refractivity contribution in [1.29, 1.82) is 0 Å². The molecule has 0 radical (unpaired) electrons. The minimum atomic E-state index is 0.341. The Balaban J connectivity index is 2.16. The van der Waals surface area contributed by atoms with E-state index in [1.54, 1.807) is 0 Å². The van der Waals surface area contributed by atoms with Gasteiger partial charge in [0.15, 0.2) is 0 Å². The molecule has 1 atom stereocenters. The summed E-state index contributed by atoms with van der Waals surface area (Å²) in [5.41, 5.74) is 7.72. The summed E-state index contributed by atoms with van der Waals surface area (Å²) in [6, 6.07) is 6.29. The molecule has 4 heteroatoms. The number of hydrogen-bond donors (Lipinski definition) is 2. The molecule has 0 aromatic heterocycles. The van der Waals surface area contributed by atoms with Crippen LogP contribution in [0.4, 0.5) is 5.69 Å². The van der Waals surface area contributed by atoms with Gasteiger partial charge in [0.1, 0.15) is 4.99 Å². The summed E-state index contributed by atoms with van der Waals surface area (Å²) < 4.78 is 0. The number of rotatable bonds is 3. The van der Waals surface area contributed by atoms with Crippen molar-refractivity contribution in [3.8, 4) is 0 Å². The molecule has 2 rings (SSSR count). The molecular formula is C14H19ClN2S. The quantitative estimate of drug-likeness (QED) is 0.824. The number of hydrogen-bond acceptors (Lipinski definition) is 2. The van der Waals surface area contributed by atoms with Gasteiger partial charge in [-0.05, 0) is 36.5 Å². The van der Waals surface area contributed by atoms with Crippen LogP contribution >= 0.6 is 23.8 Å². The molecule has 0 saturated heterocycles. The third-order valence-corrected chi connectivity index (χ3v) is 4.37. The van der Waals surface area contributed by atoms with Gasteiger partial charge in [-0.1, -0.05) is 44.1 Å². The zero-order chi connectivity index (χ0) is 13.3. The fourth-order valence-corrected chi connectivity index (χ4v) is 3.12. The Morgan fingerprint density at radius 1 is 1.50 bits per heavy atom. The Labute approximate surface area is 119 Å². The standard InChI is InChI=1S/C14H19ClN2S/c1-14(2)7-3-4-12(14)17-9-5-6-10(13(16)18)11(15)8-9/h5-6,8,12,17H,3-4,7H2,1-2H3,(H2,16,18). The van der Waals surface area contributed by atoms with E-state index in [4.69, 9.17) is 29.6 Å². The number of nitrogens with two attached hydrogens (primary N) is 1. The first kappa shape index (κ1) is 13.6. The predicted molar refractivity (Wildman–Crippen MR) is 82.4 cm³/mol. The topological polar surface area (TPSA) is 38.0 Å². The first-order valence-corrected chi connectivity index (χ1v) is 7.05. The molecule has 1 aliphatic carbocycles. The highest BCUT2D eigenvalue weighted by atomic mass is 35.5. The van der Waals surface area contributed by atoms with Gasteiger partial charge in [-0.3, -0.25) is 0 Å². The van der Waals surface area contributed by atoms with Gasteiger partial charge < -0.3 is 11.1 Å². The average molecular weight is 283 g/mol. The molecule has 1 aromatic carbocycles. The van der Waals surface area contributed by atoms with Gasteiger partial charge in [-0.15, -0.1) is 0 Å². The summed E-state index contributed by atoms with van der Waals surface area (Å²) in [7, 11) is 0. The zero-order valence-corrected chi connectivity index (χ0v) is 12.4. The van der Waals surface area contributed by atoms with Gasteiger partial charge >= 0.3 is 0 Å². The van der Waals surface area contributed by atoms with Crippen LogP contribution < -0.4 is 11.1 Å². The maximum Gasteiger partial charge on any atom is 0.105 e. The van der Waals surface area contributed by atoms with E-state index < -0.39 is 0 Å². The molecule has 18 heavy (non-hydrogen) atoms. The van der Waals surface area contributed by atoms with Gasteiger partial charge in [0.25, 0.3) is 0 Å². The van der Waals surface area contributed by atoms with Crippen molar-refractivity contribution < 1.29 is 0 Å². The zero-order valence-electron chi connectivity index (χ0n) is 10.8. The largest absolute Gasteiger partial charge is 0.389 e. The SMILES string of the molecule is CC1(C)CCCC1Nc1ccc(C(N)=S)c(Cl)c1. The number of anilines is 1. The van der Waals surface area contributed by atoms with Crippen molar-refractivity contribution in [1.82, 2.24) is 0 Å². The van der Waals surface area contributed by atoms with Crippen LogP contribution in [-0.4, -0.2) is 11.0 Å². The maximum atomic E-state index is 6.17. The van der Waals surface area contributed by atoms with E-state index in [0.717, 1.165) is 11.3 Å². The first-order valence-electron chi connectivity index (χ1n) is 6.26. The molecule has 1 unspecified atom stereocenters. The van der Waals surface area contributed by atoms with Crippen LogP contribution in [0.1, 0.15) is 38.7 Å². The molecule has 2 nitrogen and oxygen atoms in total. The minimum Gasteiger partial charge on any atom is -0.389 e. The molecule has 0 heterocycles. The summed E-state index contributed by atoms with van der Waals surface area (Å²) in [6.45, 7) is 4.62. The smallest absolute Gasteiger partial charge is 0.105 e. The van der Waals surface area contributed by atoms with Crippen molar-refractivity contribution in [2.45, 2.75) is 39.2 Å². The Morgan fingerprint density at radius 3 is 2.72 bits per heavy atom. The van der Waals surface area contributed by atoms with Gasteiger partial charge in [-0.2, -0.15) is 0 Å². The summed E-state index contributed by atoms with van der Waals surface area (Å²) in [5.74, 6) is 0. The summed E-state index contributed by atoms with van der Waals surface area (Å²) in [6.07, 6.45) is 3.76. The Hall–Kier alpha value is -0.800. The minimum absolute atomic E-state index is 0.341. The van der Waals surface area contributed by atoms with Crippen molar-refractivity contribution in [2.75, 3.05) is 5.32 Å². The number of benzene rings is 1. The van der Waals surface area contributed by atoms with E-state index in [2.05, 4.69) is 19.2 Å². The van der Waals surface area contributed by atoms with Crippen LogP contribution in [0.2, 0.25) is 5.02 Å². The van der Waals surface area contributed by atoms with E-state index in [0.29, 0.717) is 21.5 Å². The predicted octanol–water partition coefficient (Wildman–Crippen LogP) is 3.96. The molecule has 0 bridgehead atoms. The Kier molecular flexibility index (Phi) is 3.83. The normalized spacial score (nSPS) is 21.8. The summed E-state index contributed by atoms with van der Waals surface area (Å²) >= 11 is 11.1. The molecule has 0 amide bonds. The third kappa shape index (κ3) is 2.78. The second-order valence-corrected chi connectivity index (χ2v) is 6.48. The number of thiocarbonyl (C=S) groups is 1. The van der Waals surface area contributed by atoms with Crippen LogP contribution in [0.5, 0.6) is 0 Å². The van der Waals surface area contributed by atoms with Crippen LogP contribution in [0, 0.1) is 5.41 Å². The van der Waals surface area contributed by atoms with Gasteiger partial charge in [-0.25, -0.2) is 0 Å². The van der Waals surface area contributed by atoms with Crippen molar-refractivity contribution in [3.63, 3.8) is 0 Å². The fraction of sp³-hybridized carbons (Fsp3) is 0.500. The second kappa shape index (κ2) is 5.06. The lowest BCUT2D eigenvalue weighted by Gasteiger charge is -2.28. The van der Waals surface area contributed by atoms with E-state index in [1.807, 2.05) is 18.2 Å². The van der Waals surface area contributed by atoms with Crippen molar-refractivity contribution in [2.24, 2.45) is 11.1 Å². The van der Waals surface area contributed by atoms with E-state index in [1.165, 1.54) is 19.3 Å². The number of nitrogens with one attached hydrogen (secondary N) is 1. The van der Waals surface area contributed by atoms with E-state index in [-0.39, 0.29) is 0 Å². The van der Waals surface area contributed by atoms with Crippen molar-refractivity contribution >= 4 is 34.5 Å². The molecule has 1 aromatic rings. The lowest BCUT2D eigenvalue weighted by molar-refractivity contribution is 0.350. The molecule has 1 saturated carbocycles. The summed E-state index contributed by atoms with van der Waals surface area (Å²) in [4.78, 5) is 0.341. The Bertz CT molecular complexity index is 471. The lowest BCUT2D eigenvalue weighted by atomic mass is 9.87. The molecule has 3 N–H and O–H groups in total. The van der Waals surface area contributed by atoms with Gasteiger partial charge in [0.05, 0.1) is 5.02 Å². The van der Waals surface area contributed by atoms with Crippen LogP contribution in [0.25, 0.3) is 0 Å². The maximum absolute atomic E-state index is 6.17. The molecular weight excluding hydrogens is 264 g/mol. The fourth-order valence-electron chi connectivity index (χ4n) is 2.60.